The molecule has 176 valence electrons. The smallest absolute Gasteiger partial charge is 0.250 e. The summed E-state index contributed by atoms with van der Waals surface area (Å²) in [6, 6.07) is 25.4. The molecule has 0 aliphatic carbocycles. The van der Waals surface area contributed by atoms with Gasteiger partial charge >= 0.3 is 0 Å². The number of methoxy groups -OCH3 is 1. The lowest BCUT2D eigenvalue weighted by molar-refractivity contribution is -0.111. The number of rotatable bonds is 6. The van der Waals surface area contributed by atoms with Crippen molar-refractivity contribution >= 4 is 35.5 Å². The van der Waals surface area contributed by atoms with Crippen LogP contribution in [0.4, 0.5) is 11.9 Å². The van der Waals surface area contributed by atoms with E-state index in [0.717, 1.165) is 28.9 Å². The van der Waals surface area contributed by atoms with Crippen molar-refractivity contribution in [2.75, 3.05) is 17.7 Å². The van der Waals surface area contributed by atoms with E-state index in [1.807, 2.05) is 71.4 Å². The summed E-state index contributed by atoms with van der Waals surface area (Å²) in [6.45, 7) is 0. The summed E-state index contributed by atoms with van der Waals surface area (Å²) < 4.78 is 6.99. The Morgan fingerprint density at radius 1 is 1.06 bits per heavy atom. The molecular formula is C27H24ClN5O2. The molecule has 0 spiro atoms. The molecular weight excluding hydrogens is 462 g/mol. The third-order valence-electron chi connectivity index (χ3n) is 5.92. The maximum Gasteiger partial charge on any atom is 0.250 e. The first kappa shape index (κ1) is 22.7. The highest BCUT2D eigenvalue weighted by Gasteiger charge is 2.31. The zero-order valence-corrected chi connectivity index (χ0v) is 19.8. The lowest BCUT2D eigenvalue weighted by atomic mass is 9.93. The van der Waals surface area contributed by atoms with Crippen LogP contribution in [0.15, 0.2) is 84.9 Å². The van der Waals surface area contributed by atoms with Crippen LogP contribution in [-0.4, -0.2) is 27.8 Å². The second-order valence-electron chi connectivity index (χ2n) is 8.21. The fraction of sp³-hybridized carbons (Fsp3) is 0.148. The number of anilines is 2. The molecule has 8 heteroatoms. The number of fused-ring (bicyclic) bond motifs is 1. The van der Waals surface area contributed by atoms with Crippen molar-refractivity contribution in [2.24, 2.45) is 0 Å². The standard InChI is InChI=1S/C27H24ClN5O2/c1-35-22-14-7-18(8-15-22)9-16-25(34)30-26-31-27-29-23(19-5-3-2-4-6-19)17-24(33(27)32-26)20-10-12-21(28)13-11-20/h2-16,23-24H,17H2,1H3,(H2,29,30,31,32,34)/b16-9+. The number of aromatic nitrogens is 3. The molecule has 1 aliphatic rings. The Morgan fingerprint density at radius 2 is 1.80 bits per heavy atom. The number of amides is 1. The summed E-state index contributed by atoms with van der Waals surface area (Å²) in [5.41, 5.74) is 3.11. The maximum atomic E-state index is 12.5. The van der Waals surface area contributed by atoms with Crippen molar-refractivity contribution in [1.29, 1.82) is 0 Å². The Kier molecular flexibility index (Phi) is 6.50. The van der Waals surface area contributed by atoms with Gasteiger partial charge in [0.1, 0.15) is 5.75 Å². The van der Waals surface area contributed by atoms with Crippen molar-refractivity contribution < 1.29 is 9.53 Å². The van der Waals surface area contributed by atoms with Crippen LogP contribution >= 0.6 is 11.6 Å². The number of hydrogen-bond donors (Lipinski definition) is 2. The number of ether oxygens (including phenoxy) is 1. The van der Waals surface area contributed by atoms with Crippen LogP contribution in [0.3, 0.4) is 0 Å². The van der Waals surface area contributed by atoms with Crippen LogP contribution in [0.2, 0.25) is 5.02 Å². The molecule has 2 atom stereocenters. The zero-order chi connectivity index (χ0) is 24.2. The van der Waals surface area contributed by atoms with E-state index in [-0.39, 0.29) is 23.9 Å². The molecule has 0 fully saturated rings. The van der Waals surface area contributed by atoms with Gasteiger partial charge in [-0.05, 0) is 53.5 Å². The highest BCUT2D eigenvalue weighted by atomic mass is 35.5. The summed E-state index contributed by atoms with van der Waals surface area (Å²) in [6.07, 6.45) is 3.95. The van der Waals surface area contributed by atoms with Crippen LogP contribution in [0, 0.1) is 0 Å². The molecule has 1 aliphatic heterocycles. The van der Waals surface area contributed by atoms with E-state index in [9.17, 15) is 4.79 Å². The first-order valence-electron chi connectivity index (χ1n) is 11.3. The first-order valence-corrected chi connectivity index (χ1v) is 11.6. The average Bonchev–Trinajstić information content (AvgIpc) is 3.30. The fourth-order valence-electron chi connectivity index (χ4n) is 4.14. The minimum atomic E-state index is -0.314. The van der Waals surface area contributed by atoms with Gasteiger partial charge in [-0.2, -0.15) is 4.98 Å². The van der Waals surface area contributed by atoms with Gasteiger partial charge in [-0.15, -0.1) is 5.10 Å². The third-order valence-corrected chi connectivity index (χ3v) is 6.18. The Labute approximate surface area is 208 Å². The van der Waals surface area contributed by atoms with E-state index in [0.29, 0.717) is 11.0 Å². The molecule has 0 bridgehead atoms. The van der Waals surface area contributed by atoms with Gasteiger partial charge in [-0.25, -0.2) is 4.68 Å². The van der Waals surface area contributed by atoms with E-state index >= 15 is 0 Å². The molecule has 7 nitrogen and oxygen atoms in total. The largest absolute Gasteiger partial charge is 0.497 e. The van der Waals surface area contributed by atoms with Gasteiger partial charge in [0.05, 0.1) is 19.2 Å². The highest BCUT2D eigenvalue weighted by Crippen LogP contribution is 2.38. The molecule has 5 rings (SSSR count). The number of halogens is 1. The molecule has 4 aromatic rings. The van der Waals surface area contributed by atoms with Crippen LogP contribution in [-0.2, 0) is 4.79 Å². The SMILES string of the molecule is COc1ccc(/C=C/C(=O)Nc2nc3n(n2)C(c2ccc(Cl)cc2)CC(c2ccccc2)N3)cc1. The van der Waals surface area contributed by atoms with Crippen molar-refractivity contribution in [3.63, 3.8) is 0 Å². The molecule has 2 N–H and O–H groups in total. The lowest BCUT2D eigenvalue weighted by Gasteiger charge is -2.31. The molecule has 35 heavy (non-hydrogen) atoms. The van der Waals surface area contributed by atoms with Gasteiger partial charge in [0.15, 0.2) is 0 Å². The van der Waals surface area contributed by atoms with Gasteiger partial charge in [0.25, 0.3) is 11.9 Å². The fourth-order valence-corrected chi connectivity index (χ4v) is 4.26. The summed E-state index contributed by atoms with van der Waals surface area (Å²) in [5.74, 6) is 1.28. The number of nitrogens with one attached hydrogen (secondary N) is 2. The van der Waals surface area contributed by atoms with E-state index < -0.39 is 0 Å². The van der Waals surface area contributed by atoms with Gasteiger partial charge in [-0.3, -0.25) is 10.1 Å². The molecule has 0 radical (unpaired) electrons. The molecule has 3 aromatic carbocycles. The Balaban J connectivity index is 1.38. The summed E-state index contributed by atoms with van der Waals surface area (Å²) in [5, 5.41) is 11.5. The third kappa shape index (κ3) is 5.20. The van der Waals surface area contributed by atoms with Crippen LogP contribution in [0.1, 0.15) is 35.2 Å². The minimum absolute atomic E-state index is 0.0482. The van der Waals surface area contributed by atoms with Gasteiger partial charge in [0.2, 0.25) is 5.95 Å². The van der Waals surface area contributed by atoms with Crippen LogP contribution in [0.5, 0.6) is 5.75 Å². The molecule has 1 aromatic heterocycles. The molecule has 0 saturated heterocycles. The number of carbonyl (C=O) groups excluding carboxylic acids is 1. The van der Waals surface area contributed by atoms with Crippen molar-refractivity contribution in [3.05, 3.63) is 107 Å². The highest BCUT2D eigenvalue weighted by molar-refractivity contribution is 6.30. The van der Waals surface area contributed by atoms with Gasteiger partial charge in [-0.1, -0.05) is 66.2 Å². The van der Waals surface area contributed by atoms with Crippen molar-refractivity contribution in [3.8, 4) is 5.75 Å². The topological polar surface area (TPSA) is 81.1 Å². The molecule has 1 amide bonds. The molecule has 2 unspecified atom stereocenters. The van der Waals surface area contributed by atoms with Crippen LogP contribution < -0.4 is 15.4 Å². The predicted octanol–water partition coefficient (Wildman–Crippen LogP) is 5.74. The lowest BCUT2D eigenvalue weighted by Crippen LogP contribution is -2.28. The Hall–Kier alpha value is -4.10. The van der Waals surface area contributed by atoms with E-state index in [4.69, 9.17) is 16.3 Å². The van der Waals surface area contributed by atoms with Gasteiger partial charge < -0.3 is 10.1 Å². The molecule has 2 heterocycles. The second kappa shape index (κ2) is 10.0. The van der Waals surface area contributed by atoms with Crippen molar-refractivity contribution in [2.45, 2.75) is 18.5 Å². The average molecular weight is 486 g/mol. The van der Waals surface area contributed by atoms with E-state index in [1.165, 1.54) is 6.08 Å². The maximum absolute atomic E-state index is 12.5. The van der Waals surface area contributed by atoms with E-state index in [1.54, 1.807) is 13.2 Å². The predicted molar refractivity (Wildman–Crippen MR) is 138 cm³/mol. The summed E-state index contributed by atoms with van der Waals surface area (Å²) in [7, 11) is 1.62. The van der Waals surface area contributed by atoms with E-state index in [2.05, 4.69) is 32.8 Å². The quantitative estimate of drug-likeness (QED) is 0.340. The number of carbonyl (C=O) groups is 1. The summed E-state index contributed by atoms with van der Waals surface area (Å²) >= 11 is 6.12. The normalized spacial score (nSPS) is 17.0. The minimum Gasteiger partial charge on any atom is -0.497 e. The second-order valence-corrected chi connectivity index (χ2v) is 8.65. The van der Waals surface area contributed by atoms with Crippen LogP contribution in [0.25, 0.3) is 6.08 Å². The van der Waals surface area contributed by atoms with Crippen molar-refractivity contribution in [1.82, 2.24) is 14.8 Å². The number of benzene rings is 3. The Bertz CT molecular complexity index is 1330. The van der Waals surface area contributed by atoms with Gasteiger partial charge in [0, 0.05) is 11.1 Å². The number of nitrogens with zero attached hydrogens (tertiary/aromatic N) is 3. The monoisotopic (exact) mass is 485 g/mol. The zero-order valence-electron chi connectivity index (χ0n) is 19.1. The number of hydrogen-bond acceptors (Lipinski definition) is 5. The first-order chi connectivity index (χ1) is 17.1. The Morgan fingerprint density at radius 3 is 2.51 bits per heavy atom. The molecule has 0 saturated carbocycles. The summed E-state index contributed by atoms with van der Waals surface area (Å²) in [4.78, 5) is 17.1.